The van der Waals surface area contributed by atoms with Crippen LogP contribution in [-0.2, 0) is 15.1 Å². The van der Waals surface area contributed by atoms with E-state index < -0.39 is 17.5 Å². The first kappa shape index (κ1) is 20.1. The summed E-state index contributed by atoms with van der Waals surface area (Å²) in [6.07, 6.45) is 0. The fraction of sp³-hybridized carbons (Fsp3) is 0.286. The highest BCUT2D eigenvalue weighted by Gasteiger charge is 2.49. The minimum Gasteiger partial charge on any atom is -0.319 e. The second-order valence-electron chi connectivity index (χ2n) is 7.15. The van der Waals surface area contributed by atoms with Crippen molar-refractivity contribution < 1.29 is 14.4 Å². The van der Waals surface area contributed by atoms with Crippen molar-refractivity contribution in [1.82, 2.24) is 10.2 Å². The third kappa shape index (κ3) is 3.67. The maximum Gasteiger partial charge on any atom is 0.325 e. The number of hydrogen-bond donors (Lipinski definition) is 1. The lowest BCUT2D eigenvalue weighted by atomic mass is 9.92. The van der Waals surface area contributed by atoms with Crippen molar-refractivity contribution in [2.45, 2.75) is 32.4 Å². The van der Waals surface area contributed by atoms with Crippen molar-refractivity contribution in [1.29, 1.82) is 0 Å². The number of halogens is 1. The molecule has 3 rings (SSSR count). The van der Waals surface area contributed by atoms with Crippen molar-refractivity contribution >= 4 is 39.5 Å². The summed E-state index contributed by atoms with van der Waals surface area (Å²) < 4.78 is 0.804. The van der Waals surface area contributed by atoms with Crippen LogP contribution in [0.4, 0.5) is 10.5 Å². The number of amides is 4. The molecule has 1 N–H and O–H groups in total. The van der Waals surface area contributed by atoms with E-state index in [-0.39, 0.29) is 18.5 Å². The van der Waals surface area contributed by atoms with Crippen LogP contribution in [0.1, 0.15) is 26.3 Å². The van der Waals surface area contributed by atoms with Gasteiger partial charge in [-0.15, -0.1) is 0 Å². The molecule has 6 nitrogen and oxygen atoms in total. The zero-order valence-electron chi connectivity index (χ0n) is 16.0. The van der Waals surface area contributed by atoms with Crippen molar-refractivity contribution in [2.75, 3.05) is 11.4 Å². The van der Waals surface area contributed by atoms with Gasteiger partial charge in [-0.3, -0.25) is 14.5 Å². The summed E-state index contributed by atoms with van der Waals surface area (Å²) in [7, 11) is 0. The minimum atomic E-state index is -1.21. The van der Waals surface area contributed by atoms with Crippen LogP contribution in [0.3, 0.4) is 0 Å². The Kier molecular flexibility index (Phi) is 5.56. The zero-order valence-corrected chi connectivity index (χ0v) is 17.6. The molecule has 7 heteroatoms. The van der Waals surface area contributed by atoms with E-state index in [1.807, 2.05) is 50.2 Å². The summed E-state index contributed by atoms with van der Waals surface area (Å²) in [5.41, 5.74) is 0.166. The minimum absolute atomic E-state index is 0.118. The highest BCUT2D eigenvalue weighted by Crippen LogP contribution is 2.30. The Morgan fingerprint density at radius 2 is 1.82 bits per heavy atom. The molecule has 1 fully saturated rings. The number of imide groups is 1. The fourth-order valence-electron chi connectivity index (χ4n) is 3.37. The van der Waals surface area contributed by atoms with Gasteiger partial charge in [0.05, 0.1) is 0 Å². The number of nitrogens with one attached hydrogen (secondary N) is 1. The molecule has 28 heavy (non-hydrogen) atoms. The van der Waals surface area contributed by atoms with Crippen molar-refractivity contribution in [2.24, 2.45) is 0 Å². The van der Waals surface area contributed by atoms with Crippen LogP contribution in [0.5, 0.6) is 0 Å². The number of rotatable bonds is 5. The molecule has 4 amide bonds. The number of carbonyl (C=O) groups excluding carboxylic acids is 3. The summed E-state index contributed by atoms with van der Waals surface area (Å²) in [5.74, 6) is -0.760. The molecular weight excluding hydrogens is 422 g/mol. The Hall–Kier alpha value is -2.67. The molecule has 1 saturated heterocycles. The lowest BCUT2D eigenvalue weighted by Crippen LogP contribution is -2.46. The molecule has 0 unspecified atom stereocenters. The van der Waals surface area contributed by atoms with E-state index in [4.69, 9.17) is 0 Å². The topological polar surface area (TPSA) is 69.7 Å². The van der Waals surface area contributed by atoms with Crippen LogP contribution in [-0.4, -0.2) is 35.3 Å². The number of urea groups is 1. The summed E-state index contributed by atoms with van der Waals surface area (Å²) in [6, 6.07) is 15.7. The molecule has 2 aromatic carbocycles. The third-order valence-electron chi connectivity index (χ3n) is 4.79. The van der Waals surface area contributed by atoms with Gasteiger partial charge in [0, 0.05) is 16.2 Å². The first-order chi connectivity index (χ1) is 13.2. The number of hydrogen-bond acceptors (Lipinski definition) is 3. The van der Waals surface area contributed by atoms with Gasteiger partial charge in [-0.2, -0.15) is 0 Å². The SMILES string of the molecule is CC(C)N(C(=O)CN1C(=O)N[C@@](C)(c2cccc(Br)c2)C1=O)c1ccccc1. The number of anilines is 1. The van der Waals surface area contributed by atoms with E-state index in [0.717, 1.165) is 15.1 Å². The van der Waals surface area contributed by atoms with Gasteiger partial charge in [-0.05, 0) is 50.6 Å². The standard InChI is InChI=1S/C21H22BrN3O3/c1-14(2)25(17-10-5-4-6-11-17)18(26)13-24-19(27)21(3,23-20(24)28)15-8-7-9-16(22)12-15/h4-12,14H,13H2,1-3H3,(H,23,28)/t21-/m0/s1. The molecule has 1 heterocycles. The molecule has 1 aliphatic rings. The van der Waals surface area contributed by atoms with Gasteiger partial charge in [-0.1, -0.05) is 46.3 Å². The summed E-state index contributed by atoms with van der Waals surface area (Å²) >= 11 is 3.39. The van der Waals surface area contributed by atoms with Crippen LogP contribution in [0.15, 0.2) is 59.1 Å². The Balaban J connectivity index is 1.85. The van der Waals surface area contributed by atoms with Gasteiger partial charge in [0.25, 0.3) is 5.91 Å². The van der Waals surface area contributed by atoms with Gasteiger partial charge in [-0.25, -0.2) is 4.79 Å². The summed E-state index contributed by atoms with van der Waals surface area (Å²) in [6.45, 7) is 5.11. The van der Waals surface area contributed by atoms with E-state index in [1.165, 1.54) is 0 Å². The first-order valence-corrected chi connectivity index (χ1v) is 9.80. The largest absolute Gasteiger partial charge is 0.325 e. The first-order valence-electron chi connectivity index (χ1n) is 9.01. The molecular formula is C21H22BrN3O3. The Labute approximate surface area is 172 Å². The molecule has 0 bridgehead atoms. The Bertz CT molecular complexity index is 916. The lowest BCUT2D eigenvalue weighted by molar-refractivity contribution is -0.134. The highest BCUT2D eigenvalue weighted by molar-refractivity contribution is 9.10. The van der Waals surface area contributed by atoms with Crippen molar-refractivity contribution in [3.63, 3.8) is 0 Å². The van der Waals surface area contributed by atoms with Gasteiger partial charge >= 0.3 is 6.03 Å². The quantitative estimate of drug-likeness (QED) is 0.716. The molecule has 146 valence electrons. The molecule has 0 spiro atoms. The summed E-state index contributed by atoms with van der Waals surface area (Å²) in [4.78, 5) is 41.2. The van der Waals surface area contributed by atoms with Gasteiger partial charge in [0.1, 0.15) is 12.1 Å². The molecule has 2 aromatic rings. The fourth-order valence-corrected chi connectivity index (χ4v) is 3.77. The molecule has 0 saturated carbocycles. The second kappa shape index (κ2) is 7.75. The monoisotopic (exact) mass is 443 g/mol. The normalized spacial score (nSPS) is 19.1. The predicted octanol–water partition coefficient (Wildman–Crippen LogP) is 3.66. The predicted molar refractivity (Wildman–Crippen MR) is 111 cm³/mol. The average Bonchev–Trinajstić information content (AvgIpc) is 2.86. The Morgan fingerprint density at radius 1 is 1.14 bits per heavy atom. The van der Waals surface area contributed by atoms with Crippen molar-refractivity contribution in [3.05, 3.63) is 64.6 Å². The Morgan fingerprint density at radius 3 is 2.43 bits per heavy atom. The molecule has 0 aromatic heterocycles. The zero-order chi connectivity index (χ0) is 20.5. The van der Waals surface area contributed by atoms with Crippen LogP contribution in [0.2, 0.25) is 0 Å². The van der Waals surface area contributed by atoms with Gasteiger partial charge in [0.15, 0.2) is 0 Å². The van der Waals surface area contributed by atoms with E-state index in [1.54, 1.807) is 30.0 Å². The number of nitrogens with zero attached hydrogens (tertiary/aromatic N) is 2. The number of carbonyl (C=O) groups is 3. The van der Waals surface area contributed by atoms with Gasteiger partial charge in [0.2, 0.25) is 5.91 Å². The number of benzene rings is 2. The van der Waals surface area contributed by atoms with Crippen LogP contribution < -0.4 is 10.2 Å². The van der Waals surface area contributed by atoms with Crippen LogP contribution in [0.25, 0.3) is 0 Å². The van der Waals surface area contributed by atoms with E-state index in [9.17, 15) is 14.4 Å². The molecule has 1 atom stereocenters. The molecule has 0 aliphatic carbocycles. The maximum absolute atomic E-state index is 13.1. The smallest absolute Gasteiger partial charge is 0.319 e. The average molecular weight is 444 g/mol. The van der Waals surface area contributed by atoms with Crippen LogP contribution in [0, 0.1) is 0 Å². The highest BCUT2D eigenvalue weighted by atomic mass is 79.9. The van der Waals surface area contributed by atoms with E-state index in [2.05, 4.69) is 21.2 Å². The van der Waals surface area contributed by atoms with Gasteiger partial charge < -0.3 is 10.2 Å². The maximum atomic E-state index is 13.1. The molecule has 0 radical (unpaired) electrons. The van der Waals surface area contributed by atoms with Crippen molar-refractivity contribution in [3.8, 4) is 0 Å². The molecule has 1 aliphatic heterocycles. The van der Waals surface area contributed by atoms with E-state index in [0.29, 0.717) is 5.56 Å². The second-order valence-corrected chi connectivity index (χ2v) is 8.07. The van der Waals surface area contributed by atoms with Crippen LogP contribution >= 0.6 is 15.9 Å². The summed E-state index contributed by atoms with van der Waals surface area (Å²) in [5, 5.41) is 2.73. The number of para-hydroxylation sites is 1. The van der Waals surface area contributed by atoms with E-state index >= 15 is 0 Å². The lowest BCUT2D eigenvalue weighted by Gasteiger charge is -2.28. The third-order valence-corrected chi connectivity index (χ3v) is 5.28.